The summed E-state index contributed by atoms with van der Waals surface area (Å²) in [5.41, 5.74) is 6.27. The number of nitrogens with zero attached hydrogens (tertiary/aromatic N) is 2. The van der Waals surface area contributed by atoms with Crippen molar-refractivity contribution in [2.24, 2.45) is 17.6 Å². The van der Waals surface area contributed by atoms with Gasteiger partial charge < -0.3 is 16.4 Å². The van der Waals surface area contributed by atoms with Crippen LogP contribution in [0.5, 0.6) is 0 Å². The molecule has 1 spiro atoms. The fraction of sp³-hybridized carbons (Fsp3) is 0.583. The lowest BCUT2D eigenvalue weighted by atomic mass is 9.73. The molecule has 4 rings (SSSR count). The summed E-state index contributed by atoms with van der Waals surface area (Å²) >= 11 is 0. The van der Waals surface area contributed by atoms with Gasteiger partial charge in [0.1, 0.15) is 12.1 Å². The molecule has 9 heteroatoms. The summed E-state index contributed by atoms with van der Waals surface area (Å²) in [6, 6.07) is 6.97. The van der Waals surface area contributed by atoms with Gasteiger partial charge in [-0.05, 0) is 55.8 Å². The number of hydrogen-bond donors (Lipinski definition) is 3. The number of anilines is 1. The van der Waals surface area contributed by atoms with Crippen molar-refractivity contribution in [1.82, 2.24) is 15.1 Å². The number of rotatable bonds is 6. The van der Waals surface area contributed by atoms with Crippen LogP contribution in [0.4, 0.5) is 10.5 Å². The van der Waals surface area contributed by atoms with E-state index in [1.807, 2.05) is 19.1 Å². The van der Waals surface area contributed by atoms with Crippen molar-refractivity contribution in [3.8, 4) is 0 Å². The minimum atomic E-state index is -0.862. The largest absolute Gasteiger partial charge is 0.369 e. The first-order valence-electron chi connectivity index (χ1n) is 11.8. The van der Waals surface area contributed by atoms with E-state index >= 15 is 0 Å². The molecule has 5 amide bonds. The summed E-state index contributed by atoms with van der Waals surface area (Å²) in [6.45, 7) is 3.98. The monoisotopic (exact) mass is 455 g/mol. The Morgan fingerprint density at radius 2 is 1.91 bits per heavy atom. The molecule has 3 fully saturated rings. The first kappa shape index (κ1) is 23.2. The molecule has 2 heterocycles. The molecule has 4 N–H and O–H groups in total. The van der Waals surface area contributed by atoms with Crippen molar-refractivity contribution >= 4 is 29.4 Å². The average molecular weight is 456 g/mol. The van der Waals surface area contributed by atoms with Crippen LogP contribution in [0.2, 0.25) is 0 Å². The molecular formula is C24H33N5O4. The van der Waals surface area contributed by atoms with Gasteiger partial charge in [-0.25, -0.2) is 4.79 Å². The maximum atomic E-state index is 13.0. The normalized spacial score (nSPS) is 28.1. The summed E-state index contributed by atoms with van der Waals surface area (Å²) in [6.07, 6.45) is 5.24. The lowest BCUT2D eigenvalue weighted by Gasteiger charge is -2.36. The molecule has 3 aliphatic rings. The highest BCUT2D eigenvalue weighted by Crippen LogP contribution is 2.38. The third kappa shape index (κ3) is 4.88. The highest BCUT2D eigenvalue weighted by Gasteiger charge is 2.55. The van der Waals surface area contributed by atoms with Crippen molar-refractivity contribution in [2.75, 3.05) is 25.0 Å². The van der Waals surface area contributed by atoms with Gasteiger partial charge in [0.15, 0.2) is 0 Å². The number of carbonyl (C=O) groups is 4. The standard InChI is InChI=1S/C24H33N5O4/c1-16-5-2-3-11-24(16)22(32)29(23(33)27-24)15-20(30)26-19-9-7-17(8-10-19)13-28-12-4-6-18(14-28)21(25)31/h7-10,16,18H,2-6,11-15H2,1H3,(H2,25,31)(H,26,30)(H,27,33). The topological polar surface area (TPSA) is 125 Å². The molecule has 1 aromatic rings. The summed E-state index contributed by atoms with van der Waals surface area (Å²) in [4.78, 5) is 52.8. The van der Waals surface area contributed by atoms with E-state index < -0.39 is 17.5 Å². The molecule has 1 saturated carbocycles. The van der Waals surface area contributed by atoms with Crippen LogP contribution in [0, 0.1) is 11.8 Å². The number of piperidine rings is 1. The molecule has 3 unspecified atom stereocenters. The second kappa shape index (κ2) is 9.51. The zero-order valence-electron chi connectivity index (χ0n) is 19.1. The quantitative estimate of drug-likeness (QED) is 0.565. The smallest absolute Gasteiger partial charge is 0.325 e. The van der Waals surface area contributed by atoms with Crippen molar-refractivity contribution in [3.05, 3.63) is 29.8 Å². The molecule has 0 bridgehead atoms. The molecule has 3 atom stereocenters. The van der Waals surface area contributed by atoms with Crippen LogP contribution in [0.15, 0.2) is 24.3 Å². The van der Waals surface area contributed by atoms with Gasteiger partial charge in [-0.2, -0.15) is 0 Å². The minimum Gasteiger partial charge on any atom is -0.369 e. The van der Waals surface area contributed by atoms with Gasteiger partial charge in [0.05, 0.1) is 5.92 Å². The van der Waals surface area contributed by atoms with Gasteiger partial charge in [-0.15, -0.1) is 0 Å². The highest BCUT2D eigenvalue weighted by molar-refractivity contribution is 6.10. The SMILES string of the molecule is CC1CCCCC12NC(=O)N(CC(=O)Nc1ccc(CN3CCCC(C(N)=O)C3)cc1)C2=O. The highest BCUT2D eigenvalue weighted by atomic mass is 16.2. The molecular weight excluding hydrogens is 422 g/mol. The van der Waals surface area contributed by atoms with Gasteiger partial charge in [0.25, 0.3) is 5.91 Å². The van der Waals surface area contributed by atoms with Gasteiger partial charge in [-0.1, -0.05) is 31.9 Å². The second-order valence-electron chi connectivity index (χ2n) is 9.66. The number of benzene rings is 1. The lowest BCUT2D eigenvalue weighted by molar-refractivity contribution is -0.136. The third-order valence-corrected chi connectivity index (χ3v) is 7.35. The zero-order valence-corrected chi connectivity index (χ0v) is 19.1. The van der Waals surface area contributed by atoms with E-state index in [2.05, 4.69) is 15.5 Å². The number of hydrogen-bond acceptors (Lipinski definition) is 5. The summed E-state index contributed by atoms with van der Waals surface area (Å²) < 4.78 is 0. The second-order valence-corrected chi connectivity index (χ2v) is 9.66. The van der Waals surface area contributed by atoms with E-state index in [1.54, 1.807) is 12.1 Å². The van der Waals surface area contributed by atoms with Gasteiger partial charge in [0, 0.05) is 18.8 Å². The van der Waals surface area contributed by atoms with Crippen LogP contribution >= 0.6 is 0 Å². The van der Waals surface area contributed by atoms with Gasteiger partial charge in [-0.3, -0.25) is 24.2 Å². The Labute approximate surface area is 194 Å². The third-order valence-electron chi connectivity index (χ3n) is 7.35. The first-order chi connectivity index (χ1) is 15.8. The van der Waals surface area contributed by atoms with E-state index in [0.717, 1.165) is 49.1 Å². The Hall–Kier alpha value is -2.94. The van der Waals surface area contributed by atoms with Crippen molar-refractivity contribution in [2.45, 2.75) is 57.5 Å². The van der Waals surface area contributed by atoms with Crippen molar-refractivity contribution in [3.63, 3.8) is 0 Å². The molecule has 9 nitrogen and oxygen atoms in total. The number of amides is 5. The van der Waals surface area contributed by atoms with E-state index in [9.17, 15) is 19.2 Å². The number of primary amides is 1. The molecule has 1 aromatic carbocycles. The molecule has 1 aliphatic carbocycles. The summed E-state index contributed by atoms with van der Waals surface area (Å²) in [5, 5.41) is 5.65. The molecule has 2 aliphatic heterocycles. The Balaban J connectivity index is 1.31. The molecule has 0 aromatic heterocycles. The van der Waals surface area contributed by atoms with E-state index in [0.29, 0.717) is 25.2 Å². The Morgan fingerprint density at radius 1 is 1.15 bits per heavy atom. The van der Waals surface area contributed by atoms with Gasteiger partial charge >= 0.3 is 6.03 Å². The zero-order chi connectivity index (χ0) is 23.6. The summed E-state index contributed by atoms with van der Waals surface area (Å²) in [7, 11) is 0. The molecule has 2 saturated heterocycles. The van der Waals surface area contributed by atoms with Crippen LogP contribution in [0.25, 0.3) is 0 Å². The fourth-order valence-electron chi connectivity index (χ4n) is 5.37. The van der Waals surface area contributed by atoms with Crippen LogP contribution in [0.3, 0.4) is 0 Å². The van der Waals surface area contributed by atoms with E-state index in [1.165, 1.54) is 0 Å². The van der Waals surface area contributed by atoms with Crippen molar-refractivity contribution in [1.29, 1.82) is 0 Å². The van der Waals surface area contributed by atoms with Gasteiger partial charge in [0.2, 0.25) is 11.8 Å². The first-order valence-corrected chi connectivity index (χ1v) is 11.8. The fourth-order valence-corrected chi connectivity index (χ4v) is 5.37. The average Bonchev–Trinajstić information content (AvgIpc) is 3.02. The number of carbonyl (C=O) groups excluding carboxylic acids is 4. The Bertz CT molecular complexity index is 933. The number of nitrogens with two attached hydrogens (primary N) is 1. The Morgan fingerprint density at radius 3 is 2.61 bits per heavy atom. The van der Waals surface area contributed by atoms with Crippen LogP contribution in [-0.4, -0.2) is 58.7 Å². The molecule has 178 valence electrons. The Kier molecular flexibility index (Phi) is 6.69. The number of nitrogens with one attached hydrogen (secondary N) is 2. The van der Waals surface area contributed by atoms with Crippen LogP contribution in [0.1, 0.15) is 51.0 Å². The van der Waals surface area contributed by atoms with Crippen molar-refractivity contribution < 1.29 is 19.2 Å². The number of imide groups is 1. The maximum absolute atomic E-state index is 13.0. The minimum absolute atomic E-state index is 0.0569. The predicted molar refractivity (Wildman–Crippen MR) is 123 cm³/mol. The lowest BCUT2D eigenvalue weighted by Crippen LogP contribution is -2.54. The predicted octanol–water partition coefficient (Wildman–Crippen LogP) is 1.82. The number of urea groups is 1. The summed E-state index contributed by atoms with van der Waals surface area (Å²) in [5.74, 6) is -0.986. The van der Waals surface area contributed by atoms with Crippen LogP contribution < -0.4 is 16.4 Å². The van der Waals surface area contributed by atoms with Crippen LogP contribution in [-0.2, 0) is 20.9 Å². The number of likely N-dealkylation sites (tertiary alicyclic amines) is 1. The molecule has 0 radical (unpaired) electrons. The molecule has 33 heavy (non-hydrogen) atoms. The van der Waals surface area contributed by atoms with E-state index in [-0.39, 0.29) is 30.2 Å². The van der Waals surface area contributed by atoms with E-state index in [4.69, 9.17) is 5.73 Å². The maximum Gasteiger partial charge on any atom is 0.325 e.